The lowest BCUT2D eigenvalue weighted by Gasteiger charge is -2.19. The molecule has 1 heterocycles. The minimum Gasteiger partial charge on any atom is -0.289 e. The number of nitrogens with zero attached hydrogens (tertiary/aromatic N) is 1. The van der Waals surface area contributed by atoms with Crippen LogP contribution in [0.15, 0.2) is 65.7 Å². The SMILES string of the molecule is CC(C)(C)c1ccc(S(=O)(=O)Cc2ccc(Cl)cc2C(=O)c2ccnc(Cl)c2)cc1. The molecule has 0 saturated carbocycles. The zero-order valence-corrected chi connectivity index (χ0v) is 19.1. The fraction of sp³-hybridized carbons (Fsp3) is 0.217. The van der Waals surface area contributed by atoms with E-state index in [2.05, 4.69) is 25.8 Å². The summed E-state index contributed by atoms with van der Waals surface area (Å²) in [4.78, 5) is 17.1. The molecule has 0 fully saturated rings. The fourth-order valence-corrected chi connectivity index (χ4v) is 4.76. The number of carbonyl (C=O) groups excluding carboxylic acids is 1. The number of hydrogen-bond donors (Lipinski definition) is 0. The van der Waals surface area contributed by atoms with Gasteiger partial charge in [0.25, 0.3) is 0 Å². The van der Waals surface area contributed by atoms with Crippen molar-refractivity contribution in [2.75, 3.05) is 0 Å². The molecule has 0 bridgehead atoms. The lowest BCUT2D eigenvalue weighted by Crippen LogP contribution is -2.13. The van der Waals surface area contributed by atoms with E-state index in [1.807, 2.05) is 12.1 Å². The van der Waals surface area contributed by atoms with Crippen molar-refractivity contribution in [3.8, 4) is 0 Å². The molecule has 3 rings (SSSR count). The van der Waals surface area contributed by atoms with Crippen molar-refractivity contribution in [2.24, 2.45) is 0 Å². The molecule has 0 N–H and O–H groups in total. The smallest absolute Gasteiger partial charge is 0.193 e. The number of halogens is 2. The highest BCUT2D eigenvalue weighted by Gasteiger charge is 2.22. The Kier molecular flexibility index (Phi) is 6.37. The van der Waals surface area contributed by atoms with Gasteiger partial charge in [0.05, 0.1) is 10.6 Å². The molecule has 0 amide bonds. The first-order valence-corrected chi connectivity index (χ1v) is 11.7. The first kappa shape index (κ1) is 22.5. The number of benzene rings is 2. The largest absolute Gasteiger partial charge is 0.289 e. The summed E-state index contributed by atoms with van der Waals surface area (Å²) in [5.74, 6) is -0.686. The molecular weight excluding hydrogens is 441 g/mol. The highest BCUT2D eigenvalue weighted by Crippen LogP contribution is 2.27. The van der Waals surface area contributed by atoms with Crippen molar-refractivity contribution in [1.82, 2.24) is 4.98 Å². The first-order chi connectivity index (χ1) is 14.0. The van der Waals surface area contributed by atoms with Crippen molar-refractivity contribution in [3.63, 3.8) is 0 Å². The van der Waals surface area contributed by atoms with Gasteiger partial charge in [0, 0.05) is 22.3 Å². The molecule has 4 nitrogen and oxygen atoms in total. The maximum atomic E-state index is 13.0. The van der Waals surface area contributed by atoms with Crippen molar-refractivity contribution in [3.05, 3.63) is 93.2 Å². The van der Waals surface area contributed by atoms with Crippen LogP contribution in [-0.2, 0) is 21.0 Å². The molecule has 0 unspecified atom stereocenters. The standard InChI is InChI=1S/C23H21Cl2NO3S/c1-23(2,3)17-5-8-19(9-6-17)30(28,29)14-16-4-7-18(24)13-20(16)22(27)15-10-11-26-21(25)12-15/h4-13H,14H2,1-3H3. The molecule has 30 heavy (non-hydrogen) atoms. The Labute approximate surface area is 186 Å². The fourth-order valence-electron chi connectivity index (χ4n) is 3.04. The maximum absolute atomic E-state index is 13.0. The monoisotopic (exact) mass is 461 g/mol. The minimum atomic E-state index is -3.67. The molecule has 0 spiro atoms. The minimum absolute atomic E-state index is 0.0795. The predicted molar refractivity (Wildman–Crippen MR) is 120 cm³/mol. The Morgan fingerprint density at radius 1 is 0.967 bits per heavy atom. The van der Waals surface area contributed by atoms with Crippen molar-refractivity contribution in [2.45, 2.75) is 36.8 Å². The summed E-state index contributed by atoms with van der Waals surface area (Å²) in [6.07, 6.45) is 1.42. The summed E-state index contributed by atoms with van der Waals surface area (Å²) in [6, 6.07) is 14.4. The van der Waals surface area contributed by atoms with Gasteiger partial charge in [-0.15, -0.1) is 0 Å². The Balaban J connectivity index is 1.97. The molecule has 0 saturated heterocycles. The molecule has 0 aliphatic carbocycles. The van der Waals surface area contributed by atoms with Crippen LogP contribution in [0.1, 0.15) is 47.8 Å². The van der Waals surface area contributed by atoms with E-state index in [9.17, 15) is 13.2 Å². The van der Waals surface area contributed by atoms with Crippen LogP contribution in [-0.4, -0.2) is 19.2 Å². The third kappa shape index (κ3) is 5.09. The van der Waals surface area contributed by atoms with Gasteiger partial charge >= 0.3 is 0 Å². The second-order valence-corrected chi connectivity index (χ2v) is 10.8. The van der Waals surface area contributed by atoms with Crippen LogP contribution >= 0.6 is 23.2 Å². The zero-order chi connectivity index (χ0) is 22.1. The number of rotatable bonds is 5. The molecule has 7 heteroatoms. The van der Waals surface area contributed by atoms with Crippen LogP contribution < -0.4 is 0 Å². The summed E-state index contributed by atoms with van der Waals surface area (Å²) < 4.78 is 26.1. The molecule has 0 aliphatic heterocycles. The topological polar surface area (TPSA) is 64.1 Å². The summed E-state index contributed by atoms with van der Waals surface area (Å²) in [6.45, 7) is 6.19. The predicted octanol–water partition coefficient (Wildman–Crippen LogP) is 5.89. The van der Waals surface area contributed by atoms with E-state index in [1.165, 1.54) is 24.4 Å². The van der Waals surface area contributed by atoms with Gasteiger partial charge in [-0.05, 0) is 52.9 Å². The van der Waals surface area contributed by atoms with Gasteiger partial charge in [0.1, 0.15) is 5.15 Å². The average Bonchev–Trinajstić information content (AvgIpc) is 2.68. The van der Waals surface area contributed by atoms with E-state index in [-0.39, 0.29) is 32.6 Å². The second kappa shape index (κ2) is 8.50. The first-order valence-electron chi connectivity index (χ1n) is 9.25. The van der Waals surface area contributed by atoms with Gasteiger partial charge in [0.15, 0.2) is 15.6 Å². The highest BCUT2D eigenvalue weighted by atomic mass is 35.5. The quantitative estimate of drug-likeness (QED) is 0.350. The summed E-state index contributed by atoms with van der Waals surface area (Å²) in [5.41, 5.74) is 1.87. The third-order valence-corrected chi connectivity index (χ3v) is 6.85. The zero-order valence-electron chi connectivity index (χ0n) is 16.8. The maximum Gasteiger partial charge on any atom is 0.193 e. The van der Waals surface area contributed by atoms with E-state index in [0.717, 1.165) is 5.56 Å². The van der Waals surface area contributed by atoms with Gasteiger partial charge < -0.3 is 0 Å². The molecule has 3 aromatic rings. The number of hydrogen-bond acceptors (Lipinski definition) is 4. The van der Waals surface area contributed by atoms with E-state index in [4.69, 9.17) is 23.2 Å². The van der Waals surface area contributed by atoms with Crippen LogP contribution in [0.3, 0.4) is 0 Å². The molecule has 0 aliphatic rings. The molecular formula is C23H21Cl2NO3S. The van der Waals surface area contributed by atoms with Crippen LogP contribution in [0.25, 0.3) is 0 Å². The molecule has 1 aromatic heterocycles. The molecule has 0 radical (unpaired) electrons. The third-order valence-electron chi connectivity index (χ3n) is 4.73. The van der Waals surface area contributed by atoms with Gasteiger partial charge in [-0.3, -0.25) is 4.79 Å². The van der Waals surface area contributed by atoms with E-state index in [0.29, 0.717) is 16.1 Å². The Morgan fingerprint density at radius 2 is 1.63 bits per heavy atom. The molecule has 156 valence electrons. The Bertz CT molecular complexity index is 1200. The second-order valence-electron chi connectivity index (χ2n) is 8.03. The van der Waals surface area contributed by atoms with Gasteiger partial charge in [-0.2, -0.15) is 0 Å². The van der Waals surface area contributed by atoms with Crippen molar-refractivity contribution >= 4 is 38.8 Å². The number of sulfone groups is 1. The van der Waals surface area contributed by atoms with Gasteiger partial charge in [-0.1, -0.05) is 62.2 Å². The summed E-state index contributed by atoms with van der Waals surface area (Å²) in [5, 5.41) is 0.519. The van der Waals surface area contributed by atoms with Crippen LogP contribution in [0.5, 0.6) is 0 Å². The van der Waals surface area contributed by atoms with E-state index < -0.39 is 9.84 Å². The highest BCUT2D eigenvalue weighted by molar-refractivity contribution is 7.90. The number of ketones is 1. The Hall–Kier alpha value is -2.21. The van der Waals surface area contributed by atoms with Crippen molar-refractivity contribution in [1.29, 1.82) is 0 Å². The van der Waals surface area contributed by atoms with E-state index >= 15 is 0 Å². The van der Waals surface area contributed by atoms with Crippen molar-refractivity contribution < 1.29 is 13.2 Å². The van der Waals surface area contributed by atoms with Gasteiger partial charge in [-0.25, -0.2) is 13.4 Å². The van der Waals surface area contributed by atoms with Crippen LogP contribution in [0, 0.1) is 0 Å². The summed E-state index contributed by atoms with van der Waals surface area (Å²) >= 11 is 12.0. The average molecular weight is 462 g/mol. The lowest BCUT2D eigenvalue weighted by atomic mass is 9.87. The summed E-state index contributed by atoms with van der Waals surface area (Å²) in [7, 11) is -3.67. The number of carbonyl (C=O) groups is 1. The van der Waals surface area contributed by atoms with Gasteiger partial charge in [0.2, 0.25) is 0 Å². The molecule has 2 aromatic carbocycles. The number of aromatic nitrogens is 1. The lowest BCUT2D eigenvalue weighted by molar-refractivity contribution is 0.103. The van der Waals surface area contributed by atoms with Crippen LogP contribution in [0.4, 0.5) is 0 Å². The van der Waals surface area contributed by atoms with E-state index in [1.54, 1.807) is 24.3 Å². The molecule has 0 atom stereocenters. The normalized spacial score (nSPS) is 12.0. The van der Waals surface area contributed by atoms with Crippen LogP contribution in [0.2, 0.25) is 10.2 Å². The number of pyridine rings is 1. The Morgan fingerprint density at radius 3 is 2.23 bits per heavy atom.